The lowest BCUT2D eigenvalue weighted by Gasteiger charge is -2.05. The maximum Gasteiger partial charge on any atom is 0.270 e. The molecule has 2 rings (SSSR count). The molecule has 16 heavy (non-hydrogen) atoms. The lowest BCUT2D eigenvalue weighted by molar-refractivity contribution is -0.384. The number of halogens is 1. The quantitative estimate of drug-likeness (QED) is 0.345. The summed E-state index contributed by atoms with van der Waals surface area (Å²) in [5.41, 5.74) is 1.39. The lowest BCUT2D eigenvalue weighted by Crippen LogP contribution is -2.13. The van der Waals surface area contributed by atoms with Gasteiger partial charge < -0.3 is 0 Å². The lowest BCUT2D eigenvalue weighted by atomic mass is 10.0. The monoisotopic (exact) mass is 283 g/mol. The molecule has 4 nitrogen and oxygen atoms in total. The van der Waals surface area contributed by atoms with Gasteiger partial charge in [-0.3, -0.25) is 14.9 Å². The van der Waals surface area contributed by atoms with E-state index >= 15 is 0 Å². The minimum Gasteiger partial charge on any atom is -0.293 e. The summed E-state index contributed by atoms with van der Waals surface area (Å²) in [6.45, 7) is 0. The first-order chi connectivity index (χ1) is 7.59. The Morgan fingerprint density at radius 1 is 1.44 bits per heavy atom. The Hall–Kier alpha value is -1.23. The third-order valence-electron chi connectivity index (χ3n) is 2.76. The molecule has 1 aromatic carbocycles. The minimum atomic E-state index is -0.471. The molecule has 0 spiro atoms. The number of carbonyl (C=O) groups excluding carboxylic acids is 1. The summed E-state index contributed by atoms with van der Waals surface area (Å²) in [5, 5.41) is 10.6. The molecule has 1 aromatic rings. The molecule has 1 aliphatic rings. The van der Waals surface area contributed by atoms with Crippen LogP contribution in [0.2, 0.25) is 0 Å². The van der Waals surface area contributed by atoms with Crippen molar-refractivity contribution < 1.29 is 9.72 Å². The van der Waals surface area contributed by atoms with Crippen LogP contribution in [-0.4, -0.2) is 15.5 Å². The van der Waals surface area contributed by atoms with Crippen LogP contribution in [-0.2, 0) is 6.42 Å². The zero-order valence-corrected chi connectivity index (χ0v) is 10.1. The van der Waals surface area contributed by atoms with Crippen molar-refractivity contribution in [2.24, 2.45) is 0 Å². The molecule has 0 bridgehead atoms. The predicted octanol–water partition coefficient (Wildman–Crippen LogP) is 2.88. The Labute approximate surface area is 101 Å². The first-order valence-electron chi connectivity index (χ1n) is 5.05. The van der Waals surface area contributed by atoms with Gasteiger partial charge in [0.2, 0.25) is 0 Å². The van der Waals surface area contributed by atoms with E-state index in [2.05, 4.69) is 15.9 Å². The smallest absolute Gasteiger partial charge is 0.270 e. The zero-order valence-electron chi connectivity index (χ0n) is 8.48. The molecule has 0 fully saturated rings. The molecule has 1 unspecified atom stereocenters. The van der Waals surface area contributed by atoms with Crippen LogP contribution in [0.15, 0.2) is 18.2 Å². The van der Waals surface area contributed by atoms with E-state index < -0.39 is 4.92 Å². The second-order valence-electron chi connectivity index (χ2n) is 3.82. The molecule has 0 radical (unpaired) electrons. The summed E-state index contributed by atoms with van der Waals surface area (Å²) >= 11 is 3.32. The van der Waals surface area contributed by atoms with Gasteiger partial charge in [0, 0.05) is 17.7 Å². The highest BCUT2D eigenvalue weighted by Gasteiger charge is 2.24. The number of nitro benzene ring substituents is 1. The van der Waals surface area contributed by atoms with E-state index in [0.717, 1.165) is 24.8 Å². The molecule has 0 saturated heterocycles. The molecule has 5 heteroatoms. The normalized spacial score (nSPS) is 20.1. The van der Waals surface area contributed by atoms with Gasteiger partial charge in [-0.2, -0.15) is 0 Å². The number of hydrogen-bond donors (Lipinski definition) is 0. The number of benzene rings is 1. The molecule has 0 saturated carbocycles. The highest BCUT2D eigenvalue weighted by atomic mass is 79.9. The highest BCUT2D eigenvalue weighted by Crippen LogP contribution is 2.27. The Morgan fingerprint density at radius 2 is 2.19 bits per heavy atom. The summed E-state index contributed by atoms with van der Waals surface area (Å²) in [4.78, 5) is 21.9. The topological polar surface area (TPSA) is 60.2 Å². The van der Waals surface area contributed by atoms with Crippen LogP contribution in [0.4, 0.5) is 5.69 Å². The molecule has 84 valence electrons. The van der Waals surface area contributed by atoms with Gasteiger partial charge in [-0.15, -0.1) is 0 Å². The van der Waals surface area contributed by atoms with Crippen LogP contribution in [0.3, 0.4) is 0 Å². The maximum absolute atomic E-state index is 11.9. The van der Waals surface area contributed by atoms with Crippen molar-refractivity contribution in [3.05, 3.63) is 39.4 Å². The largest absolute Gasteiger partial charge is 0.293 e. The predicted molar refractivity (Wildman–Crippen MR) is 63.1 cm³/mol. The van der Waals surface area contributed by atoms with Crippen LogP contribution in [0.1, 0.15) is 28.8 Å². The van der Waals surface area contributed by atoms with E-state index in [1.807, 2.05) is 0 Å². The summed E-state index contributed by atoms with van der Waals surface area (Å²) in [7, 11) is 0. The Bertz CT molecular complexity index is 459. The van der Waals surface area contributed by atoms with Gasteiger partial charge in [0.1, 0.15) is 0 Å². The number of fused-ring (bicyclic) bond motifs is 1. The third kappa shape index (κ3) is 2.00. The van der Waals surface area contributed by atoms with Gasteiger partial charge in [-0.25, -0.2) is 0 Å². The van der Waals surface area contributed by atoms with Gasteiger partial charge in [-0.1, -0.05) is 22.0 Å². The number of nitrogens with zero attached hydrogens (tertiary/aromatic N) is 1. The van der Waals surface area contributed by atoms with Gasteiger partial charge in [0.05, 0.1) is 9.75 Å². The van der Waals surface area contributed by atoms with Gasteiger partial charge in [-0.05, 0) is 24.8 Å². The van der Waals surface area contributed by atoms with Crippen molar-refractivity contribution in [3.63, 3.8) is 0 Å². The number of hydrogen-bond acceptors (Lipinski definition) is 3. The molecule has 0 amide bonds. The molecule has 0 aliphatic heterocycles. The number of nitro groups is 1. The van der Waals surface area contributed by atoms with Crippen LogP contribution < -0.4 is 0 Å². The summed E-state index contributed by atoms with van der Waals surface area (Å²) in [5.74, 6) is -0.0452. The van der Waals surface area contributed by atoms with Gasteiger partial charge in [0.25, 0.3) is 5.69 Å². The third-order valence-corrected chi connectivity index (χ3v) is 3.63. The number of rotatable bonds is 1. The summed E-state index contributed by atoms with van der Waals surface area (Å²) in [6.07, 6.45) is 2.51. The number of ketones is 1. The van der Waals surface area contributed by atoms with Crippen molar-refractivity contribution >= 4 is 27.4 Å². The van der Waals surface area contributed by atoms with Crippen LogP contribution in [0.5, 0.6) is 0 Å². The second kappa shape index (κ2) is 4.33. The van der Waals surface area contributed by atoms with Crippen molar-refractivity contribution in [1.29, 1.82) is 0 Å². The fourth-order valence-electron chi connectivity index (χ4n) is 1.90. The van der Waals surface area contributed by atoms with Crippen LogP contribution >= 0.6 is 15.9 Å². The van der Waals surface area contributed by atoms with E-state index in [0.29, 0.717) is 5.56 Å². The molecule has 1 atom stereocenters. The van der Waals surface area contributed by atoms with Crippen LogP contribution in [0, 0.1) is 10.1 Å². The Balaban J connectivity index is 2.50. The molecular weight excluding hydrogens is 274 g/mol. The average molecular weight is 284 g/mol. The molecule has 0 N–H and O–H groups in total. The number of non-ortho nitro benzene ring substituents is 1. The van der Waals surface area contributed by atoms with E-state index in [4.69, 9.17) is 0 Å². The Kier molecular flexibility index (Phi) is 3.05. The Morgan fingerprint density at radius 3 is 2.88 bits per heavy atom. The fourth-order valence-corrected chi connectivity index (χ4v) is 2.47. The van der Waals surface area contributed by atoms with Crippen molar-refractivity contribution in [1.82, 2.24) is 0 Å². The summed E-state index contributed by atoms with van der Waals surface area (Å²) in [6, 6.07) is 4.54. The van der Waals surface area contributed by atoms with E-state index in [9.17, 15) is 14.9 Å². The van der Waals surface area contributed by atoms with E-state index in [1.165, 1.54) is 12.1 Å². The minimum absolute atomic E-state index is 0.0197. The molecule has 0 aromatic heterocycles. The maximum atomic E-state index is 11.9. The van der Waals surface area contributed by atoms with Crippen molar-refractivity contribution in [2.45, 2.75) is 24.1 Å². The van der Waals surface area contributed by atoms with Gasteiger partial charge >= 0.3 is 0 Å². The molecular formula is C11H10BrNO3. The molecule has 0 heterocycles. The van der Waals surface area contributed by atoms with E-state index in [1.54, 1.807) is 6.07 Å². The van der Waals surface area contributed by atoms with E-state index in [-0.39, 0.29) is 16.3 Å². The standard InChI is InChI=1S/C11H10BrNO3/c12-10-3-1-2-7-4-5-8(13(15)16)6-9(7)11(10)14/h4-6,10H,1-3H2. The van der Waals surface area contributed by atoms with Gasteiger partial charge in [0.15, 0.2) is 5.78 Å². The highest BCUT2D eigenvalue weighted by molar-refractivity contribution is 9.10. The first kappa shape index (κ1) is 11.3. The average Bonchev–Trinajstić information content (AvgIpc) is 2.40. The molecule has 1 aliphatic carbocycles. The number of Topliss-reactive ketones (excluding diaryl/α,β-unsaturated/α-hetero) is 1. The zero-order chi connectivity index (χ0) is 11.7. The van der Waals surface area contributed by atoms with Crippen molar-refractivity contribution in [2.75, 3.05) is 0 Å². The first-order valence-corrected chi connectivity index (χ1v) is 5.97. The SMILES string of the molecule is O=C1c2cc([N+](=O)[O-])ccc2CCCC1Br. The number of alkyl halides is 1. The second-order valence-corrected chi connectivity index (χ2v) is 4.93. The number of carbonyl (C=O) groups is 1. The fraction of sp³-hybridized carbons (Fsp3) is 0.364. The summed E-state index contributed by atoms with van der Waals surface area (Å²) < 4.78 is 0. The van der Waals surface area contributed by atoms with Crippen molar-refractivity contribution in [3.8, 4) is 0 Å². The number of aryl methyl sites for hydroxylation is 1. The van der Waals surface area contributed by atoms with Crippen LogP contribution in [0.25, 0.3) is 0 Å².